The van der Waals surface area contributed by atoms with E-state index in [-0.39, 0.29) is 25.4 Å². The summed E-state index contributed by atoms with van der Waals surface area (Å²) in [5, 5.41) is 12.7. The van der Waals surface area contributed by atoms with Gasteiger partial charge in [0, 0.05) is 24.2 Å². The lowest BCUT2D eigenvalue weighted by Crippen LogP contribution is -2.49. The number of carbonyl (C=O) groups excluding carboxylic acids is 1. The van der Waals surface area contributed by atoms with Gasteiger partial charge in [0.15, 0.2) is 6.73 Å². The molecule has 1 unspecified atom stereocenters. The molecule has 1 aliphatic rings. The van der Waals surface area contributed by atoms with Gasteiger partial charge < -0.3 is 20.1 Å². The molecule has 0 radical (unpaired) electrons. The largest absolute Gasteiger partial charge is 0.472 e. The van der Waals surface area contributed by atoms with E-state index < -0.39 is 0 Å². The molecule has 5 nitrogen and oxygen atoms in total. The Kier molecular flexibility index (Phi) is 6.61. The van der Waals surface area contributed by atoms with Gasteiger partial charge in [-0.3, -0.25) is 0 Å². The molecule has 2 N–H and O–H groups in total. The third-order valence-corrected chi connectivity index (χ3v) is 4.23. The summed E-state index contributed by atoms with van der Waals surface area (Å²) < 4.78 is 5.45. The predicted octanol–water partition coefficient (Wildman–Crippen LogP) is 3.28. The lowest BCUT2D eigenvalue weighted by Gasteiger charge is -2.35. The Morgan fingerprint density at radius 1 is 1.41 bits per heavy atom. The molecule has 7 heteroatoms. The second kappa shape index (κ2) is 8.46. The van der Waals surface area contributed by atoms with Crippen LogP contribution in [-0.2, 0) is 0 Å². The Bertz CT molecular complexity index is 512. The third kappa shape index (κ3) is 4.66. The molecule has 0 bridgehead atoms. The average Bonchev–Trinajstić information content (AvgIpc) is 2.50. The number of nitrogens with zero attached hydrogens (tertiary/aromatic N) is 1. The molecular weight excluding hydrogens is 327 g/mol. The van der Waals surface area contributed by atoms with Crippen LogP contribution in [0.5, 0.6) is 5.75 Å². The number of aliphatic hydroxyl groups excluding tert-OH is 1. The number of likely N-dealkylation sites (tertiary alicyclic amines) is 1. The maximum Gasteiger partial charge on any atom is 0.320 e. The van der Waals surface area contributed by atoms with Crippen molar-refractivity contribution in [1.29, 1.82) is 0 Å². The zero-order valence-corrected chi connectivity index (χ0v) is 13.7. The summed E-state index contributed by atoms with van der Waals surface area (Å²) in [7, 11) is 0. The van der Waals surface area contributed by atoms with Gasteiger partial charge in [0.25, 0.3) is 0 Å². The van der Waals surface area contributed by atoms with Crippen LogP contribution in [0.2, 0.25) is 10.0 Å². The number of carbonyl (C=O) groups is 1. The van der Waals surface area contributed by atoms with E-state index in [1.807, 2.05) is 0 Å². The topological polar surface area (TPSA) is 61.8 Å². The lowest BCUT2D eigenvalue weighted by atomic mass is 10.0. The molecular formula is C15H20Cl2N2O3. The molecule has 122 valence electrons. The second-order valence-corrected chi connectivity index (χ2v) is 6.04. The van der Waals surface area contributed by atoms with Crippen molar-refractivity contribution in [1.82, 2.24) is 10.2 Å². The predicted molar refractivity (Wildman–Crippen MR) is 86.5 cm³/mol. The number of ether oxygens (including phenoxy) is 1. The van der Waals surface area contributed by atoms with Crippen LogP contribution < -0.4 is 10.1 Å². The number of urea groups is 1. The van der Waals surface area contributed by atoms with Gasteiger partial charge in [0.05, 0.1) is 5.02 Å². The zero-order chi connectivity index (χ0) is 15.9. The number of amides is 2. The van der Waals surface area contributed by atoms with Gasteiger partial charge in [0.1, 0.15) is 5.75 Å². The van der Waals surface area contributed by atoms with Crippen molar-refractivity contribution >= 4 is 29.2 Å². The Morgan fingerprint density at radius 3 is 2.95 bits per heavy atom. The van der Waals surface area contributed by atoms with E-state index in [2.05, 4.69) is 5.32 Å². The molecule has 0 aliphatic carbocycles. The molecule has 22 heavy (non-hydrogen) atoms. The van der Waals surface area contributed by atoms with Gasteiger partial charge >= 0.3 is 6.03 Å². The van der Waals surface area contributed by atoms with Crippen molar-refractivity contribution in [2.75, 3.05) is 19.9 Å². The highest BCUT2D eigenvalue weighted by Crippen LogP contribution is 2.27. The van der Waals surface area contributed by atoms with E-state index in [4.69, 9.17) is 33.0 Å². The first-order valence-electron chi connectivity index (χ1n) is 7.35. The Balaban J connectivity index is 1.83. The first-order chi connectivity index (χ1) is 10.6. The molecule has 1 heterocycles. The molecule has 0 spiro atoms. The number of rotatable bonds is 5. The average molecular weight is 347 g/mol. The summed E-state index contributed by atoms with van der Waals surface area (Å²) >= 11 is 11.8. The standard InChI is InChI=1S/C15H20Cl2N2O3/c16-11-4-5-14(13(17)9-11)22-10-18-15(21)19-7-2-1-3-12(19)6-8-20/h4-5,9,12,20H,1-3,6-8,10H2,(H,18,21). The minimum atomic E-state index is -0.178. The Morgan fingerprint density at radius 2 is 2.23 bits per heavy atom. The van der Waals surface area contributed by atoms with Crippen LogP contribution in [0.25, 0.3) is 0 Å². The highest BCUT2D eigenvalue weighted by molar-refractivity contribution is 6.35. The summed E-state index contributed by atoms with van der Waals surface area (Å²) in [5.41, 5.74) is 0. The molecule has 0 saturated carbocycles. The number of hydrogen-bond donors (Lipinski definition) is 2. The summed E-state index contributed by atoms with van der Waals surface area (Å²) in [6.07, 6.45) is 3.61. The van der Waals surface area contributed by atoms with Crippen molar-refractivity contribution in [3.8, 4) is 5.75 Å². The maximum atomic E-state index is 12.2. The number of halogens is 2. The fraction of sp³-hybridized carbons (Fsp3) is 0.533. The van der Waals surface area contributed by atoms with Crippen LogP contribution in [0.3, 0.4) is 0 Å². The van der Waals surface area contributed by atoms with Crippen LogP contribution in [0.15, 0.2) is 18.2 Å². The maximum absolute atomic E-state index is 12.2. The molecule has 1 aromatic rings. The van der Waals surface area contributed by atoms with Crippen LogP contribution in [-0.4, -0.2) is 42.0 Å². The van der Waals surface area contributed by atoms with Crippen LogP contribution >= 0.6 is 23.2 Å². The van der Waals surface area contributed by atoms with E-state index >= 15 is 0 Å². The van der Waals surface area contributed by atoms with Crippen LogP contribution in [0.4, 0.5) is 4.79 Å². The number of piperidine rings is 1. The Labute approximate surface area is 140 Å². The van der Waals surface area contributed by atoms with E-state index in [0.717, 1.165) is 19.3 Å². The van der Waals surface area contributed by atoms with Crippen molar-refractivity contribution < 1.29 is 14.6 Å². The van der Waals surface area contributed by atoms with Gasteiger partial charge in [-0.15, -0.1) is 0 Å². The van der Waals surface area contributed by atoms with Crippen LogP contribution in [0, 0.1) is 0 Å². The third-order valence-electron chi connectivity index (χ3n) is 3.70. The quantitative estimate of drug-likeness (QED) is 0.804. The monoisotopic (exact) mass is 346 g/mol. The minimum Gasteiger partial charge on any atom is -0.472 e. The summed E-state index contributed by atoms with van der Waals surface area (Å²) in [6.45, 7) is 0.825. The van der Waals surface area contributed by atoms with Gasteiger partial charge in [-0.05, 0) is 43.9 Å². The van der Waals surface area contributed by atoms with Gasteiger partial charge in [-0.2, -0.15) is 0 Å². The van der Waals surface area contributed by atoms with E-state index in [0.29, 0.717) is 28.8 Å². The summed E-state index contributed by atoms with van der Waals surface area (Å²) in [5.74, 6) is 0.469. The zero-order valence-electron chi connectivity index (χ0n) is 12.2. The first kappa shape index (κ1) is 17.2. The number of aliphatic hydroxyl groups is 1. The molecule has 2 amide bonds. The number of nitrogens with one attached hydrogen (secondary N) is 1. The summed E-state index contributed by atoms with van der Waals surface area (Å²) in [4.78, 5) is 14.0. The molecule has 1 aliphatic heterocycles. The molecule has 1 aromatic carbocycles. The van der Waals surface area contributed by atoms with Crippen molar-refractivity contribution in [3.63, 3.8) is 0 Å². The molecule has 1 saturated heterocycles. The minimum absolute atomic E-state index is 0.0303. The summed E-state index contributed by atoms with van der Waals surface area (Å²) in [6, 6.07) is 4.84. The highest BCUT2D eigenvalue weighted by Gasteiger charge is 2.25. The van der Waals surface area contributed by atoms with Gasteiger partial charge in [0.2, 0.25) is 0 Å². The van der Waals surface area contributed by atoms with E-state index in [9.17, 15) is 4.79 Å². The van der Waals surface area contributed by atoms with Crippen molar-refractivity contribution in [2.45, 2.75) is 31.7 Å². The smallest absolute Gasteiger partial charge is 0.320 e. The van der Waals surface area contributed by atoms with Gasteiger partial charge in [-0.1, -0.05) is 23.2 Å². The Hall–Kier alpha value is -1.17. The fourth-order valence-corrected chi connectivity index (χ4v) is 3.05. The van der Waals surface area contributed by atoms with Crippen molar-refractivity contribution in [2.24, 2.45) is 0 Å². The SMILES string of the molecule is O=C(NCOc1ccc(Cl)cc1Cl)N1CCCCC1CCO. The second-order valence-electron chi connectivity index (χ2n) is 5.20. The molecule has 2 rings (SSSR count). The van der Waals surface area contributed by atoms with Crippen LogP contribution in [0.1, 0.15) is 25.7 Å². The number of hydrogen-bond acceptors (Lipinski definition) is 3. The fourth-order valence-electron chi connectivity index (χ4n) is 2.59. The van der Waals surface area contributed by atoms with E-state index in [1.165, 1.54) is 0 Å². The molecule has 1 fully saturated rings. The first-order valence-corrected chi connectivity index (χ1v) is 8.10. The lowest BCUT2D eigenvalue weighted by molar-refractivity contribution is 0.126. The molecule has 0 aromatic heterocycles. The normalized spacial score (nSPS) is 18.1. The van der Waals surface area contributed by atoms with Gasteiger partial charge in [-0.25, -0.2) is 4.79 Å². The molecule has 1 atom stereocenters. The van der Waals surface area contributed by atoms with Crippen molar-refractivity contribution in [3.05, 3.63) is 28.2 Å². The highest BCUT2D eigenvalue weighted by atomic mass is 35.5. The number of benzene rings is 1. The van der Waals surface area contributed by atoms with E-state index in [1.54, 1.807) is 23.1 Å².